The number of aromatic nitrogens is 3. The number of nitro groups is 1. The van der Waals surface area contributed by atoms with Gasteiger partial charge < -0.3 is 8.83 Å². The first-order valence-electron chi connectivity index (χ1n) is 5.80. The Hall–Kier alpha value is -2.68. The van der Waals surface area contributed by atoms with Gasteiger partial charge in [0.15, 0.2) is 0 Å². The highest BCUT2D eigenvalue weighted by atomic mass is 32.2. The minimum atomic E-state index is -0.506. The summed E-state index contributed by atoms with van der Waals surface area (Å²) >= 11 is 1.13. The van der Waals surface area contributed by atoms with Crippen LogP contribution in [0.25, 0.3) is 11.5 Å². The van der Waals surface area contributed by atoms with Crippen LogP contribution in [-0.4, -0.2) is 20.1 Å². The molecule has 3 aromatic heterocycles. The van der Waals surface area contributed by atoms with Crippen LogP contribution in [0.2, 0.25) is 0 Å². The highest BCUT2D eigenvalue weighted by Crippen LogP contribution is 2.29. The van der Waals surface area contributed by atoms with E-state index in [9.17, 15) is 10.1 Å². The van der Waals surface area contributed by atoms with Crippen LogP contribution in [0, 0.1) is 17.0 Å². The van der Waals surface area contributed by atoms with E-state index in [-0.39, 0.29) is 5.69 Å². The lowest BCUT2D eigenvalue weighted by molar-refractivity contribution is -0.385. The molecule has 0 bridgehead atoms. The molecule has 0 N–H and O–H groups in total. The molecule has 0 amide bonds. The third kappa shape index (κ3) is 2.77. The second-order valence-corrected chi connectivity index (χ2v) is 4.95. The second-order valence-electron chi connectivity index (χ2n) is 3.98. The minimum Gasteiger partial charge on any atom is -0.469 e. The molecule has 106 valence electrons. The summed E-state index contributed by atoms with van der Waals surface area (Å²) in [5.41, 5.74) is 0.658. The molecule has 0 aromatic carbocycles. The first-order chi connectivity index (χ1) is 10.1. The van der Waals surface area contributed by atoms with E-state index in [1.165, 1.54) is 18.3 Å². The van der Waals surface area contributed by atoms with E-state index >= 15 is 0 Å². The van der Waals surface area contributed by atoms with Crippen LogP contribution >= 0.6 is 11.8 Å². The van der Waals surface area contributed by atoms with E-state index < -0.39 is 4.92 Å². The Labute approximate surface area is 122 Å². The standard InChI is InChI=1S/C12H8N4O4S/c1-7-9(4-5-19-7)11-14-15-12(20-11)21-10-3-2-8(6-13-10)16(17)18/h2-6H,1H3. The summed E-state index contributed by atoms with van der Waals surface area (Å²) in [7, 11) is 0. The van der Waals surface area contributed by atoms with Crippen molar-refractivity contribution in [3.8, 4) is 11.5 Å². The summed E-state index contributed by atoms with van der Waals surface area (Å²) in [6, 6.07) is 4.63. The van der Waals surface area contributed by atoms with Gasteiger partial charge in [0.1, 0.15) is 17.0 Å². The van der Waals surface area contributed by atoms with Crippen LogP contribution in [0.5, 0.6) is 0 Å². The van der Waals surface area contributed by atoms with Gasteiger partial charge in [0.25, 0.3) is 16.8 Å². The Morgan fingerprint density at radius 3 is 2.76 bits per heavy atom. The maximum Gasteiger partial charge on any atom is 0.287 e. The number of hydrogen-bond acceptors (Lipinski definition) is 8. The molecule has 0 aliphatic heterocycles. The Morgan fingerprint density at radius 2 is 2.14 bits per heavy atom. The number of furan rings is 1. The molecule has 0 unspecified atom stereocenters. The van der Waals surface area contributed by atoms with Crippen molar-refractivity contribution in [3.63, 3.8) is 0 Å². The molecule has 3 rings (SSSR count). The quantitative estimate of drug-likeness (QED) is 0.534. The third-order valence-electron chi connectivity index (χ3n) is 2.62. The summed E-state index contributed by atoms with van der Waals surface area (Å²) in [6.45, 7) is 1.80. The van der Waals surface area contributed by atoms with Gasteiger partial charge in [-0.25, -0.2) is 4.98 Å². The van der Waals surface area contributed by atoms with Crippen LogP contribution in [0.3, 0.4) is 0 Å². The summed E-state index contributed by atoms with van der Waals surface area (Å²) in [5.74, 6) is 1.04. The van der Waals surface area contributed by atoms with Crippen LogP contribution in [-0.2, 0) is 0 Å². The summed E-state index contributed by atoms with van der Waals surface area (Å²) in [6.07, 6.45) is 2.72. The fraction of sp³-hybridized carbons (Fsp3) is 0.0833. The van der Waals surface area contributed by atoms with Crippen molar-refractivity contribution in [1.82, 2.24) is 15.2 Å². The fourth-order valence-corrected chi connectivity index (χ4v) is 2.22. The lowest BCUT2D eigenvalue weighted by Crippen LogP contribution is -1.89. The van der Waals surface area contributed by atoms with Gasteiger partial charge in [0, 0.05) is 6.07 Å². The van der Waals surface area contributed by atoms with E-state index in [0.29, 0.717) is 21.9 Å². The van der Waals surface area contributed by atoms with Gasteiger partial charge in [-0.2, -0.15) is 0 Å². The molecular weight excluding hydrogens is 296 g/mol. The van der Waals surface area contributed by atoms with Gasteiger partial charge in [-0.15, -0.1) is 10.2 Å². The van der Waals surface area contributed by atoms with Crippen molar-refractivity contribution in [2.45, 2.75) is 17.2 Å². The predicted octanol–water partition coefficient (Wildman–Crippen LogP) is 3.09. The first kappa shape index (κ1) is 13.3. The largest absolute Gasteiger partial charge is 0.469 e. The van der Waals surface area contributed by atoms with Gasteiger partial charge in [0.2, 0.25) is 0 Å². The van der Waals surface area contributed by atoms with Gasteiger partial charge in [0.05, 0.1) is 16.7 Å². The van der Waals surface area contributed by atoms with Crippen molar-refractivity contribution < 1.29 is 13.8 Å². The molecule has 0 fully saturated rings. The van der Waals surface area contributed by atoms with Gasteiger partial charge in [-0.3, -0.25) is 10.1 Å². The maximum atomic E-state index is 10.5. The number of rotatable bonds is 4. The van der Waals surface area contributed by atoms with Crippen molar-refractivity contribution in [2.75, 3.05) is 0 Å². The Bertz CT molecular complexity index is 781. The number of aryl methyl sites for hydroxylation is 1. The van der Waals surface area contributed by atoms with Gasteiger partial charge in [-0.1, -0.05) is 0 Å². The normalized spacial score (nSPS) is 10.7. The molecule has 3 aromatic rings. The smallest absolute Gasteiger partial charge is 0.287 e. The molecule has 21 heavy (non-hydrogen) atoms. The molecule has 0 spiro atoms. The average Bonchev–Trinajstić information content (AvgIpc) is 3.08. The summed E-state index contributed by atoms with van der Waals surface area (Å²) in [5, 5.41) is 19.2. The topological polar surface area (TPSA) is 108 Å². The summed E-state index contributed by atoms with van der Waals surface area (Å²) in [4.78, 5) is 14.0. The molecule has 0 aliphatic carbocycles. The summed E-state index contributed by atoms with van der Waals surface area (Å²) < 4.78 is 10.7. The predicted molar refractivity (Wildman–Crippen MR) is 71.8 cm³/mol. The van der Waals surface area contributed by atoms with Crippen LogP contribution < -0.4 is 0 Å². The number of pyridine rings is 1. The lowest BCUT2D eigenvalue weighted by atomic mass is 10.3. The van der Waals surface area contributed by atoms with Crippen molar-refractivity contribution in [3.05, 3.63) is 46.5 Å². The third-order valence-corrected chi connectivity index (χ3v) is 3.41. The van der Waals surface area contributed by atoms with Crippen molar-refractivity contribution in [2.24, 2.45) is 0 Å². The Balaban J connectivity index is 1.78. The second kappa shape index (κ2) is 5.37. The zero-order chi connectivity index (χ0) is 14.8. The zero-order valence-electron chi connectivity index (χ0n) is 10.7. The monoisotopic (exact) mass is 304 g/mol. The highest BCUT2D eigenvalue weighted by molar-refractivity contribution is 7.99. The Kier molecular flexibility index (Phi) is 3.40. The molecular formula is C12H8N4O4S. The SMILES string of the molecule is Cc1occc1-c1nnc(Sc2ccc([N+](=O)[O-])cn2)o1. The van der Waals surface area contributed by atoms with E-state index in [2.05, 4.69) is 15.2 Å². The molecule has 8 nitrogen and oxygen atoms in total. The van der Waals surface area contributed by atoms with Crippen LogP contribution in [0.4, 0.5) is 5.69 Å². The Morgan fingerprint density at radius 1 is 1.29 bits per heavy atom. The lowest BCUT2D eigenvalue weighted by Gasteiger charge is -1.95. The number of hydrogen-bond donors (Lipinski definition) is 0. The molecule has 3 heterocycles. The zero-order valence-corrected chi connectivity index (χ0v) is 11.5. The van der Waals surface area contributed by atoms with Crippen LogP contribution in [0.15, 0.2) is 49.7 Å². The highest BCUT2D eigenvalue weighted by Gasteiger charge is 2.14. The molecule has 9 heteroatoms. The maximum absolute atomic E-state index is 10.5. The van der Waals surface area contributed by atoms with Gasteiger partial charge >= 0.3 is 0 Å². The van der Waals surface area contributed by atoms with Crippen LogP contribution in [0.1, 0.15) is 5.76 Å². The van der Waals surface area contributed by atoms with E-state index in [1.807, 2.05) is 0 Å². The molecule has 0 atom stereocenters. The molecule has 0 saturated carbocycles. The minimum absolute atomic E-state index is 0.0698. The van der Waals surface area contributed by atoms with E-state index in [1.54, 1.807) is 19.3 Å². The molecule has 0 saturated heterocycles. The average molecular weight is 304 g/mol. The number of nitrogens with zero attached hydrogens (tertiary/aromatic N) is 4. The van der Waals surface area contributed by atoms with Gasteiger partial charge in [-0.05, 0) is 30.8 Å². The molecule has 0 radical (unpaired) electrons. The fourth-order valence-electron chi connectivity index (χ4n) is 1.60. The molecule has 0 aliphatic rings. The van der Waals surface area contributed by atoms with Crippen molar-refractivity contribution in [1.29, 1.82) is 0 Å². The van der Waals surface area contributed by atoms with Crippen molar-refractivity contribution >= 4 is 17.4 Å². The first-order valence-corrected chi connectivity index (χ1v) is 6.61. The van der Waals surface area contributed by atoms with E-state index in [4.69, 9.17) is 8.83 Å². The van der Waals surface area contributed by atoms with E-state index in [0.717, 1.165) is 17.3 Å².